The summed E-state index contributed by atoms with van der Waals surface area (Å²) in [5.41, 5.74) is -0.289. The number of nitrogens with zero attached hydrogens (tertiary/aromatic N) is 2. The normalized spacial score (nSPS) is 14.5. The minimum absolute atomic E-state index is 0.0336. The number of amides is 1. The van der Waals surface area contributed by atoms with Gasteiger partial charge in [0.15, 0.2) is 0 Å². The van der Waals surface area contributed by atoms with Crippen LogP contribution in [0.25, 0.3) is 0 Å². The van der Waals surface area contributed by atoms with Gasteiger partial charge < -0.3 is 9.80 Å². The van der Waals surface area contributed by atoms with Crippen molar-refractivity contribution >= 4 is 17.4 Å². The maximum absolute atomic E-state index is 13.6. The molecule has 0 bridgehead atoms. The van der Waals surface area contributed by atoms with Gasteiger partial charge in [0.1, 0.15) is 11.6 Å². The Morgan fingerprint density at radius 3 is 2.53 bits per heavy atom. The summed E-state index contributed by atoms with van der Waals surface area (Å²) in [5.74, 6) is -3.48. The lowest BCUT2D eigenvalue weighted by molar-refractivity contribution is -0.114. The molecule has 0 radical (unpaired) electrons. The number of Topliss-reactive ketones (excluding diaryl/α,β-unsaturated/α-hetero) is 1. The first-order valence-corrected chi connectivity index (χ1v) is 5.92. The molecular weight excluding hydrogens is 254 g/mol. The zero-order valence-electron chi connectivity index (χ0n) is 10.7. The fraction of sp³-hybridized carbons (Fsp3) is 0.385. The third-order valence-corrected chi connectivity index (χ3v) is 2.98. The zero-order chi connectivity index (χ0) is 14.2. The summed E-state index contributed by atoms with van der Waals surface area (Å²) in [7, 11) is 3.76. The molecule has 0 saturated heterocycles. The lowest BCUT2D eigenvalue weighted by Crippen LogP contribution is -2.32. The van der Waals surface area contributed by atoms with Crippen molar-refractivity contribution in [2.75, 3.05) is 32.1 Å². The Morgan fingerprint density at radius 2 is 1.89 bits per heavy atom. The number of fused-ring (bicyclic) bond motifs is 1. The van der Waals surface area contributed by atoms with Crippen LogP contribution in [0.5, 0.6) is 0 Å². The molecule has 1 heterocycles. The summed E-state index contributed by atoms with van der Waals surface area (Å²) in [6.07, 6.45) is 0.615. The van der Waals surface area contributed by atoms with Crippen molar-refractivity contribution in [3.05, 3.63) is 29.3 Å². The molecule has 6 heteroatoms. The van der Waals surface area contributed by atoms with E-state index < -0.39 is 23.3 Å². The maximum atomic E-state index is 13.6. The van der Waals surface area contributed by atoms with Crippen molar-refractivity contribution in [1.82, 2.24) is 4.90 Å². The molecule has 0 unspecified atom stereocenters. The quantitative estimate of drug-likeness (QED) is 0.776. The number of anilines is 1. The van der Waals surface area contributed by atoms with E-state index in [-0.39, 0.29) is 17.8 Å². The van der Waals surface area contributed by atoms with Crippen LogP contribution in [0.15, 0.2) is 12.1 Å². The van der Waals surface area contributed by atoms with Crippen molar-refractivity contribution in [3.63, 3.8) is 0 Å². The molecule has 1 aliphatic heterocycles. The van der Waals surface area contributed by atoms with Gasteiger partial charge in [-0.25, -0.2) is 8.78 Å². The molecule has 1 amide bonds. The highest BCUT2D eigenvalue weighted by Gasteiger charge is 2.38. The average molecular weight is 268 g/mol. The number of carbonyl (C=O) groups is 2. The summed E-state index contributed by atoms with van der Waals surface area (Å²) in [5, 5.41) is 0. The second-order valence-electron chi connectivity index (χ2n) is 4.72. The number of hydrogen-bond donors (Lipinski definition) is 0. The van der Waals surface area contributed by atoms with E-state index in [9.17, 15) is 18.4 Å². The molecule has 0 aliphatic carbocycles. The third kappa shape index (κ3) is 2.49. The highest BCUT2D eigenvalue weighted by atomic mass is 19.1. The highest BCUT2D eigenvalue weighted by molar-refractivity contribution is 6.52. The minimum atomic E-state index is -0.983. The maximum Gasteiger partial charge on any atom is 0.299 e. The van der Waals surface area contributed by atoms with Crippen molar-refractivity contribution in [1.29, 1.82) is 0 Å². The van der Waals surface area contributed by atoms with Crippen molar-refractivity contribution < 1.29 is 18.4 Å². The van der Waals surface area contributed by atoms with Gasteiger partial charge in [0.25, 0.3) is 11.7 Å². The number of benzene rings is 1. The van der Waals surface area contributed by atoms with Crippen molar-refractivity contribution in [2.45, 2.75) is 6.42 Å². The topological polar surface area (TPSA) is 40.6 Å². The second-order valence-corrected chi connectivity index (χ2v) is 4.72. The molecule has 1 aromatic rings. The Kier molecular flexibility index (Phi) is 3.61. The number of carbonyl (C=O) groups excluding carboxylic acids is 2. The Morgan fingerprint density at radius 1 is 1.21 bits per heavy atom. The lowest BCUT2D eigenvalue weighted by atomic mass is 10.1. The SMILES string of the molecule is CN(C)CCCN1C(=O)C(=O)c2c(F)cc(F)cc21. The minimum Gasteiger partial charge on any atom is -0.309 e. The van der Waals surface area contributed by atoms with Crippen LogP contribution in [0, 0.1) is 11.6 Å². The molecule has 1 aliphatic rings. The van der Waals surface area contributed by atoms with Gasteiger partial charge in [0.05, 0.1) is 11.3 Å². The number of rotatable bonds is 4. The summed E-state index contributed by atoms with van der Waals surface area (Å²) >= 11 is 0. The summed E-state index contributed by atoms with van der Waals surface area (Å²) in [6.45, 7) is 0.976. The predicted octanol–water partition coefficient (Wildman–Crippen LogP) is 1.45. The van der Waals surface area contributed by atoms with Crippen LogP contribution >= 0.6 is 0 Å². The molecule has 4 nitrogen and oxygen atoms in total. The van der Waals surface area contributed by atoms with E-state index in [1.807, 2.05) is 19.0 Å². The van der Waals surface area contributed by atoms with Gasteiger partial charge in [0.2, 0.25) is 0 Å². The van der Waals surface area contributed by atoms with Crippen LogP contribution in [0.1, 0.15) is 16.8 Å². The molecule has 0 atom stereocenters. The fourth-order valence-corrected chi connectivity index (χ4v) is 2.10. The van der Waals surface area contributed by atoms with E-state index in [1.54, 1.807) is 0 Å². The van der Waals surface area contributed by atoms with Crippen LogP contribution in [0.4, 0.5) is 14.5 Å². The van der Waals surface area contributed by atoms with Crippen LogP contribution in [0.2, 0.25) is 0 Å². The molecule has 102 valence electrons. The van der Waals surface area contributed by atoms with Gasteiger partial charge in [-0.3, -0.25) is 9.59 Å². The Bertz CT molecular complexity index is 544. The lowest BCUT2D eigenvalue weighted by Gasteiger charge is -2.18. The first kappa shape index (κ1) is 13.6. The van der Waals surface area contributed by atoms with Gasteiger partial charge in [0, 0.05) is 12.6 Å². The smallest absolute Gasteiger partial charge is 0.299 e. The summed E-state index contributed by atoms with van der Waals surface area (Å²) in [4.78, 5) is 26.5. The Hall–Kier alpha value is -1.82. The van der Waals surface area contributed by atoms with E-state index in [0.717, 1.165) is 11.0 Å². The van der Waals surface area contributed by atoms with E-state index >= 15 is 0 Å². The van der Waals surface area contributed by atoms with Gasteiger partial charge in [-0.2, -0.15) is 0 Å². The largest absolute Gasteiger partial charge is 0.309 e. The summed E-state index contributed by atoms with van der Waals surface area (Å²) in [6, 6.07) is 1.64. The number of ketones is 1. The van der Waals surface area contributed by atoms with Crippen LogP contribution < -0.4 is 4.90 Å². The molecule has 0 fully saturated rings. The number of halogens is 2. The second kappa shape index (κ2) is 5.05. The van der Waals surface area contributed by atoms with Crippen LogP contribution in [-0.4, -0.2) is 43.8 Å². The standard InChI is InChI=1S/C13H14F2N2O2/c1-16(2)4-3-5-17-10-7-8(14)6-9(15)11(10)12(18)13(17)19/h6-7H,3-5H2,1-2H3. The van der Waals surface area contributed by atoms with Gasteiger partial charge in [-0.15, -0.1) is 0 Å². The van der Waals surface area contributed by atoms with Gasteiger partial charge >= 0.3 is 0 Å². The van der Waals surface area contributed by atoms with E-state index in [4.69, 9.17) is 0 Å². The van der Waals surface area contributed by atoms with E-state index in [1.165, 1.54) is 0 Å². The monoisotopic (exact) mass is 268 g/mol. The molecular formula is C13H14F2N2O2. The van der Waals surface area contributed by atoms with E-state index in [0.29, 0.717) is 19.0 Å². The first-order valence-electron chi connectivity index (χ1n) is 5.92. The highest BCUT2D eigenvalue weighted by Crippen LogP contribution is 2.31. The molecule has 1 aromatic carbocycles. The average Bonchev–Trinajstić information content (AvgIpc) is 2.53. The number of hydrogen-bond acceptors (Lipinski definition) is 3. The van der Waals surface area contributed by atoms with Crippen molar-refractivity contribution in [2.24, 2.45) is 0 Å². The van der Waals surface area contributed by atoms with Gasteiger partial charge in [-0.05, 0) is 33.1 Å². The molecule has 0 saturated carbocycles. The molecule has 19 heavy (non-hydrogen) atoms. The molecule has 0 spiro atoms. The van der Waals surface area contributed by atoms with Gasteiger partial charge in [-0.1, -0.05) is 0 Å². The Labute approximate surface area is 109 Å². The molecule has 0 aromatic heterocycles. The summed E-state index contributed by atoms with van der Waals surface area (Å²) < 4.78 is 26.8. The fourth-order valence-electron chi connectivity index (χ4n) is 2.10. The van der Waals surface area contributed by atoms with Crippen LogP contribution in [-0.2, 0) is 4.79 Å². The first-order chi connectivity index (χ1) is 8.91. The molecule has 2 rings (SSSR count). The predicted molar refractivity (Wildman–Crippen MR) is 66.2 cm³/mol. The van der Waals surface area contributed by atoms with E-state index in [2.05, 4.69) is 0 Å². The zero-order valence-corrected chi connectivity index (χ0v) is 10.7. The van der Waals surface area contributed by atoms with Crippen molar-refractivity contribution in [3.8, 4) is 0 Å². The Balaban J connectivity index is 2.28. The molecule has 0 N–H and O–H groups in total. The van der Waals surface area contributed by atoms with Crippen LogP contribution in [0.3, 0.4) is 0 Å². The third-order valence-electron chi connectivity index (χ3n) is 2.98.